The quantitative estimate of drug-likeness (QED) is 0.436. The van der Waals surface area contributed by atoms with Crippen LogP contribution in [0.2, 0.25) is 0 Å². The zero-order valence-corrected chi connectivity index (χ0v) is 19.9. The molecular weight excluding hydrogens is 406 g/mol. The van der Waals surface area contributed by atoms with Crippen LogP contribution in [0, 0.1) is 0 Å². The number of hydrogen-bond donors (Lipinski definition) is 2. The highest BCUT2D eigenvalue weighted by Crippen LogP contribution is 2.25. The number of guanidine groups is 1. The number of aliphatic imine (C=N–C) groups is 1. The highest BCUT2D eigenvalue weighted by molar-refractivity contribution is 7.10. The van der Waals surface area contributed by atoms with Crippen molar-refractivity contribution in [3.63, 3.8) is 0 Å². The minimum atomic E-state index is 0.346. The van der Waals surface area contributed by atoms with Gasteiger partial charge in [0.2, 0.25) is 0 Å². The van der Waals surface area contributed by atoms with Crippen molar-refractivity contribution in [3.8, 4) is 0 Å². The van der Waals surface area contributed by atoms with Crippen molar-refractivity contribution in [2.75, 3.05) is 53.5 Å². The Bertz CT molecular complexity index is 762. The maximum absolute atomic E-state index is 5.55. The van der Waals surface area contributed by atoms with Crippen LogP contribution in [0.15, 0.2) is 52.8 Å². The Morgan fingerprint density at radius 1 is 1.16 bits per heavy atom. The Labute approximate surface area is 191 Å². The van der Waals surface area contributed by atoms with Crippen LogP contribution in [0.5, 0.6) is 0 Å². The van der Waals surface area contributed by atoms with Gasteiger partial charge in [-0.15, -0.1) is 11.3 Å². The van der Waals surface area contributed by atoms with Crippen molar-refractivity contribution >= 4 is 17.3 Å². The van der Waals surface area contributed by atoms with E-state index in [1.54, 1.807) is 0 Å². The van der Waals surface area contributed by atoms with E-state index < -0.39 is 0 Å². The lowest BCUT2D eigenvalue weighted by atomic mass is 10.1. The third kappa shape index (κ3) is 7.61. The molecule has 0 bridgehead atoms. The SMILES string of the molecule is CN=C(NCCC(C)N(C)Cc1ccccc1)NCC(c1cccs1)N1CCOCC1. The summed E-state index contributed by atoms with van der Waals surface area (Å²) in [5, 5.41) is 9.20. The van der Waals surface area contributed by atoms with Crippen LogP contribution in [0.1, 0.15) is 29.8 Å². The summed E-state index contributed by atoms with van der Waals surface area (Å²) in [6.45, 7) is 8.55. The first kappa shape index (κ1) is 23.7. The van der Waals surface area contributed by atoms with E-state index in [9.17, 15) is 0 Å². The number of benzene rings is 1. The monoisotopic (exact) mass is 443 g/mol. The Morgan fingerprint density at radius 3 is 2.61 bits per heavy atom. The van der Waals surface area contributed by atoms with E-state index in [0.717, 1.165) is 58.3 Å². The van der Waals surface area contributed by atoms with E-state index in [-0.39, 0.29) is 0 Å². The molecule has 0 spiro atoms. The van der Waals surface area contributed by atoms with E-state index in [1.165, 1.54) is 10.4 Å². The fraction of sp³-hybridized carbons (Fsp3) is 0.542. The molecule has 1 saturated heterocycles. The zero-order chi connectivity index (χ0) is 21.9. The van der Waals surface area contributed by atoms with Gasteiger partial charge in [-0.1, -0.05) is 36.4 Å². The van der Waals surface area contributed by atoms with Crippen LogP contribution in [-0.2, 0) is 11.3 Å². The molecule has 0 aliphatic carbocycles. The normalized spacial score (nSPS) is 17.5. The lowest BCUT2D eigenvalue weighted by molar-refractivity contribution is 0.0177. The number of hydrogen-bond acceptors (Lipinski definition) is 5. The molecule has 1 aliphatic heterocycles. The molecule has 7 heteroatoms. The molecule has 2 N–H and O–H groups in total. The first-order valence-electron chi connectivity index (χ1n) is 11.2. The molecule has 0 radical (unpaired) electrons. The summed E-state index contributed by atoms with van der Waals surface area (Å²) in [6, 6.07) is 15.8. The topological polar surface area (TPSA) is 52.1 Å². The average molecular weight is 444 g/mol. The number of morpholine rings is 1. The molecule has 0 amide bonds. The molecule has 1 aliphatic rings. The second-order valence-corrected chi connectivity index (χ2v) is 9.08. The summed E-state index contributed by atoms with van der Waals surface area (Å²) in [7, 11) is 4.04. The summed E-state index contributed by atoms with van der Waals surface area (Å²) >= 11 is 1.82. The van der Waals surface area contributed by atoms with Crippen molar-refractivity contribution in [2.45, 2.75) is 32.0 Å². The van der Waals surface area contributed by atoms with Crippen molar-refractivity contribution < 1.29 is 4.74 Å². The van der Waals surface area contributed by atoms with Gasteiger partial charge in [-0.3, -0.25) is 14.8 Å². The van der Waals surface area contributed by atoms with Gasteiger partial charge >= 0.3 is 0 Å². The number of nitrogens with zero attached hydrogens (tertiary/aromatic N) is 3. The van der Waals surface area contributed by atoms with E-state index in [4.69, 9.17) is 4.74 Å². The van der Waals surface area contributed by atoms with Gasteiger partial charge in [0.1, 0.15) is 0 Å². The highest BCUT2D eigenvalue weighted by atomic mass is 32.1. The summed E-state index contributed by atoms with van der Waals surface area (Å²) in [5.41, 5.74) is 1.35. The molecule has 1 fully saturated rings. The summed E-state index contributed by atoms with van der Waals surface area (Å²) in [5.74, 6) is 0.868. The molecular formula is C24H37N5OS. The molecule has 2 unspecified atom stereocenters. The van der Waals surface area contributed by atoms with Gasteiger partial charge in [0.15, 0.2) is 5.96 Å². The third-order valence-electron chi connectivity index (χ3n) is 5.93. The number of ether oxygens (including phenoxy) is 1. The maximum Gasteiger partial charge on any atom is 0.191 e. The lowest BCUT2D eigenvalue weighted by Gasteiger charge is -2.34. The molecule has 2 atom stereocenters. The lowest BCUT2D eigenvalue weighted by Crippen LogP contribution is -2.46. The first-order valence-corrected chi connectivity index (χ1v) is 12.1. The van der Waals surface area contributed by atoms with Crippen molar-refractivity contribution in [1.82, 2.24) is 20.4 Å². The highest BCUT2D eigenvalue weighted by Gasteiger charge is 2.23. The first-order chi connectivity index (χ1) is 15.2. The Hall–Kier alpha value is -1.93. The molecule has 1 aromatic carbocycles. The van der Waals surface area contributed by atoms with Crippen molar-refractivity contribution in [1.29, 1.82) is 0 Å². The molecule has 2 aromatic rings. The predicted octanol–water partition coefficient (Wildman–Crippen LogP) is 3.20. The Morgan fingerprint density at radius 2 is 1.94 bits per heavy atom. The molecule has 0 saturated carbocycles. The van der Waals surface area contributed by atoms with Crippen LogP contribution in [0.25, 0.3) is 0 Å². The van der Waals surface area contributed by atoms with Crippen LogP contribution < -0.4 is 10.6 Å². The number of rotatable bonds is 10. The van der Waals surface area contributed by atoms with Crippen LogP contribution in [0.3, 0.4) is 0 Å². The van der Waals surface area contributed by atoms with Crippen molar-refractivity contribution in [2.24, 2.45) is 4.99 Å². The van der Waals surface area contributed by atoms with E-state index in [2.05, 4.69) is 87.2 Å². The molecule has 6 nitrogen and oxygen atoms in total. The minimum absolute atomic E-state index is 0.346. The second-order valence-electron chi connectivity index (χ2n) is 8.10. The van der Waals surface area contributed by atoms with Gasteiger partial charge in [-0.05, 0) is 37.4 Å². The van der Waals surface area contributed by atoms with Gasteiger partial charge < -0.3 is 15.4 Å². The average Bonchev–Trinajstić information content (AvgIpc) is 3.34. The van der Waals surface area contributed by atoms with E-state index in [0.29, 0.717) is 12.1 Å². The second kappa shape index (κ2) is 12.8. The predicted molar refractivity (Wildman–Crippen MR) is 131 cm³/mol. The maximum atomic E-state index is 5.55. The molecule has 1 aromatic heterocycles. The smallest absolute Gasteiger partial charge is 0.191 e. The molecule has 170 valence electrons. The largest absolute Gasteiger partial charge is 0.379 e. The van der Waals surface area contributed by atoms with E-state index >= 15 is 0 Å². The molecule has 2 heterocycles. The van der Waals surface area contributed by atoms with Crippen LogP contribution >= 0.6 is 11.3 Å². The third-order valence-corrected chi connectivity index (χ3v) is 6.90. The van der Waals surface area contributed by atoms with Gasteiger partial charge in [0, 0.05) is 50.7 Å². The fourth-order valence-electron chi connectivity index (χ4n) is 3.84. The van der Waals surface area contributed by atoms with E-state index in [1.807, 2.05) is 18.4 Å². The van der Waals surface area contributed by atoms with Crippen LogP contribution in [-0.4, -0.2) is 75.3 Å². The van der Waals surface area contributed by atoms with Gasteiger partial charge in [0.25, 0.3) is 0 Å². The van der Waals surface area contributed by atoms with Crippen LogP contribution in [0.4, 0.5) is 0 Å². The summed E-state index contributed by atoms with van der Waals surface area (Å²) in [4.78, 5) is 10.7. The molecule has 3 rings (SSSR count). The Kier molecular flexibility index (Phi) is 9.81. The standard InChI is InChI=1S/C24H37N5OS/c1-20(28(3)19-21-8-5-4-6-9-21)11-12-26-24(25-2)27-18-22(23-10-7-17-31-23)29-13-15-30-16-14-29/h4-10,17,20,22H,11-16,18-19H2,1-3H3,(H2,25,26,27). The fourth-order valence-corrected chi connectivity index (χ4v) is 4.70. The van der Waals surface area contributed by atoms with Crippen molar-refractivity contribution in [3.05, 3.63) is 58.3 Å². The zero-order valence-electron chi connectivity index (χ0n) is 19.1. The summed E-state index contributed by atoms with van der Waals surface area (Å²) < 4.78 is 5.55. The summed E-state index contributed by atoms with van der Waals surface area (Å²) in [6.07, 6.45) is 1.06. The minimum Gasteiger partial charge on any atom is -0.379 e. The van der Waals surface area contributed by atoms with Gasteiger partial charge in [-0.25, -0.2) is 0 Å². The Balaban J connectivity index is 1.44. The number of nitrogens with one attached hydrogen (secondary N) is 2. The molecule has 31 heavy (non-hydrogen) atoms. The van der Waals surface area contributed by atoms with Gasteiger partial charge in [-0.2, -0.15) is 0 Å². The van der Waals surface area contributed by atoms with Gasteiger partial charge in [0.05, 0.1) is 19.3 Å². The number of thiophene rings is 1.